The summed E-state index contributed by atoms with van der Waals surface area (Å²) in [5.41, 5.74) is 0. The minimum Gasteiger partial charge on any atom is -0.484 e. The maximum Gasteiger partial charge on any atom is 0.317 e. The van der Waals surface area contributed by atoms with Crippen molar-refractivity contribution < 1.29 is 19.4 Å². The van der Waals surface area contributed by atoms with Crippen LogP contribution in [0.3, 0.4) is 0 Å². The van der Waals surface area contributed by atoms with E-state index in [1.165, 1.54) is 12.8 Å². The zero-order valence-corrected chi connectivity index (χ0v) is 13.7. The van der Waals surface area contributed by atoms with E-state index in [0.29, 0.717) is 11.7 Å². The molecule has 0 aromatic heterocycles. The van der Waals surface area contributed by atoms with Gasteiger partial charge in [-0.15, -0.1) is 0 Å². The summed E-state index contributed by atoms with van der Waals surface area (Å²) in [5, 5.41) is 12.0. The number of nitrogens with one attached hydrogen (secondary N) is 1. The summed E-state index contributed by atoms with van der Waals surface area (Å²) < 4.78 is 5.42. The van der Waals surface area contributed by atoms with Crippen molar-refractivity contribution in [3.05, 3.63) is 30.3 Å². The van der Waals surface area contributed by atoms with Gasteiger partial charge in [0.2, 0.25) is 0 Å². The molecule has 0 heterocycles. The lowest BCUT2D eigenvalue weighted by molar-refractivity contribution is -0.140. The first-order valence-electron chi connectivity index (χ1n) is 8.53. The highest BCUT2D eigenvalue weighted by Crippen LogP contribution is 2.33. The SMILES string of the molecule is O=C(O)CN(CC1CC1)C1CC(NC(=O)COc2ccccc2)C1. The number of carbonyl (C=O) groups excluding carboxylic acids is 1. The van der Waals surface area contributed by atoms with Crippen molar-refractivity contribution in [2.75, 3.05) is 19.7 Å². The zero-order valence-electron chi connectivity index (χ0n) is 13.7. The van der Waals surface area contributed by atoms with Gasteiger partial charge in [0, 0.05) is 18.6 Å². The van der Waals surface area contributed by atoms with E-state index in [-0.39, 0.29) is 31.1 Å². The van der Waals surface area contributed by atoms with E-state index in [1.807, 2.05) is 30.3 Å². The average molecular weight is 332 g/mol. The third-order valence-electron chi connectivity index (χ3n) is 4.64. The number of benzene rings is 1. The second kappa shape index (κ2) is 7.66. The molecule has 0 aliphatic heterocycles. The van der Waals surface area contributed by atoms with Crippen LogP contribution in [0, 0.1) is 5.92 Å². The largest absolute Gasteiger partial charge is 0.484 e. The Balaban J connectivity index is 1.37. The third kappa shape index (κ3) is 4.96. The van der Waals surface area contributed by atoms with Gasteiger partial charge >= 0.3 is 5.97 Å². The Kier molecular flexibility index (Phi) is 5.35. The van der Waals surface area contributed by atoms with Crippen LogP contribution in [0.15, 0.2) is 30.3 Å². The van der Waals surface area contributed by atoms with Gasteiger partial charge in [-0.25, -0.2) is 0 Å². The fraction of sp³-hybridized carbons (Fsp3) is 0.556. The van der Waals surface area contributed by atoms with Gasteiger partial charge in [-0.2, -0.15) is 0 Å². The van der Waals surface area contributed by atoms with Crippen LogP contribution >= 0.6 is 0 Å². The first kappa shape index (κ1) is 16.8. The van der Waals surface area contributed by atoms with Crippen molar-refractivity contribution in [3.63, 3.8) is 0 Å². The molecule has 0 spiro atoms. The van der Waals surface area contributed by atoms with Crippen LogP contribution in [0.4, 0.5) is 0 Å². The van der Waals surface area contributed by atoms with Crippen molar-refractivity contribution in [3.8, 4) is 5.75 Å². The predicted octanol–water partition coefficient (Wildman–Crippen LogP) is 1.51. The second-order valence-electron chi connectivity index (χ2n) is 6.76. The van der Waals surface area contributed by atoms with Crippen LogP contribution < -0.4 is 10.1 Å². The van der Waals surface area contributed by atoms with Gasteiger partial charge in [0.25, 0.3) is 5.91 Å². The maximum atomic E-state index is 11.9. The molecular weight excluding hydrogens is 308 g/mol. The molecule has 0 bridgehead atoms. The van der Waals surface area contributed by atoms with Crippen LogP contribution in [-0.4, -0.2) is 53.7 Å². The molecule has 2 aliphatic rings. The summed E-state index contributed by atoms with van der Waals surface area (Å²) in [7, 11) is 0. The molecule has 6 nitrogen and oxygen atoms in total. The highest BCUT2D eigenvalue weighted by atomic mass is 16.5. The van der Waals surface area contributed by atoms with Crippen LogP contribution in [0.1, 0.15) is 25.7 Å². The van der Waals surface area contributed by atoms with E-state index in [2.05, 4.69) is 10.2 Å². The van der Waals surface area contributed by atoms with Crippen LogP contribution in [0.2, 0.25) is 0 Å². The van der Waals surface area contributed by atoms with Gasteiger partial charge in [0.15, 0.2) is 6.61 Å². The Bertz CT molecular complexity index is 568. The van der Waals surface area contributed by atoms with E-state index in [1.54, 1.807) is 0 Å². The molecule has 0 saturated heterocycles. The summed E-state index contributed by atoms with van der Waals surface area (Å²) in [4.78, 5) is 25.0. The van der Waals surface area contributed by atoms with Crippen molar-refractivity contribution in [1.82, 2.24) is 10.2 Å². The van der Waals surface area contributed by atoms with Crippen molar-refractivity contribution in [2.45, 2.75) is 37.8 Å². The lowest BCUT2D eigenvalue weighted by atomic mass is 9.85. The predicted molar refractivity (Wildman–Crippen MR) is 88.8 cm³/mol. The topological polar surface area (TPSA) is 78.9 Å². The average Bonchev–Trinajstić information content (AvgIpc) is 3.32. The first-order valence-corrected chi connectivity index (χ1v) is 8.53. The molecule has 2 saturated carbocycles. The number of carboxylic acid groups (broad SMARTS) is 1. The molecule has 3 rings (SSSR count). The zero-order chi connectivity index (χ0) is 16.9. The molecule has 24 heavy (non-hydrogen) atoms. The normalized spacial score (nSPS) is 22.7. The Labute approximate surface area is 141 Å². The molecule has 6 heteroatoms. The fourth-order valence-corrected chi connectivity index (χ4v) is 3.09. The molecule has 0 unspecified atom stereocenters. The summed E-state index contributed by atoms with van der Waals surface area (Å²) in [6.07, 6.45) is 4.05. The van der Waals surface area contributed by atoms with Crippen molar-refractivity contribution in [1.29, 1.82) is 0 Å². The maximum absolute atomic E-state index is 11.9. The van der Waals surface area contributed by atoms with E-state index in [0.717, 1.165) is 19.4 Å². The molecule has 1 aromatic rings. The van der Waals surface area contributed by atoms with E-state index in [4.69, 9.17) is 9.84 Å². The van der Waals surface area contributed by atoms with Crippen LogP contribution in [-0.2, 0) is 9.59 Å². The summed E-state index contributed by atoms with van der Waals surface area (Å²) in [6, 6.07) is 9.63. The minimum atomic E-state index is -0.778. The Hall–Kier alpha value is -2.08. The summed E-state index contributed by atoms with van der Waals surface area (Å²) in [6.45, 7) is 0.972. The highest BCUT2D eigenvalue weighted by molar-refractivity contribution is 5.78. The van der Waals surface area contributed by atoms with Gasteiger partial charge in [0.1, 0.15) is 5.75 Å². The number of carboxylic acids is 1. The number of para-hydroxylation sites is 1. The molecule has 2 N–H and O–H groups in total. The second-order valence-corrected chi connectivity index (χ2v) is 6.76. The minimum absolute atomic E-state index is 0.00605. The lowest BCUT2D eigenvalue weighted by Crippen LogP contribution is -2.55. The number of nitrogens with zero attached hydrogens (tertiary/aromatic N) is 1. The molecule has 1 amide bonds. The number of ether oxygens (including phenoxy) is 1. The summed E-state index contributed by atoms with van der Waals surface area (Å²) in [5.74, 6) is 0.433. The number of hydrogen-bond donors (Lipinski definition) is 2. The van der Waals surface area contributed by atoms with Crippen LogP contribution in [0.5, 0.6) is 5.75 Å². The van der Waals surface area contributed by atoms with E-state index < -0.39 is 5.97 Å². The van der Waals surface area contributed by atoms with Gasteiger partial charge in [-0.05, 0) is 43.7 Å². The number of amides is 1. The molecule has 0 atom stereocenters. The van der Waals surface area contributed by atoms with Crippen molar-refractivity contribution in [2.24, 2.45) is 5.92 Å². The quantitative estimate of drug-likeness (QED) is 0.717. The molecule has 2 aliphatic carbocycles. The number of rotatable bonds is 9. The van der Waals surface area contributed by atoms with Gasteiger partial charge in [-0.1, -0.05) is 18.2 Å². The summed E-state index contributed by atoms with van der Waals surface area (Å²) >= 11 is 0. The number of hydrogen-bond acceptors (Lipinski definition) is 4. The lowest BCUT2D eigenvalue weighted by Gasteiger charge is -2.42. The first-order chi connectivity index (χ1) is 11.6. The molecule has 2 fully saturated rings. The Morgan fingerprint density at radius 1 is 1.21 bits per heavy atom. The van der Waals surface area contributed by atoms with E-state index in [9.17, 15) is 9.59 Å². The van der Waals surface area contributed by atoms with Gasteiger partial charge in [0.05, 0.1) is 6.54 Å². The molecule has 130 valence electrons. The molecule has 1 aromatic carbocycles. The third-order valence-corrected chi connectivity index (χ3v) is 4.64. The van der Waals surface area contributed by atoms with Crippen LogP contribution in [0.25, 0.3) is 0 Å². The van der Waals surface area contributed by atoms with Gasteiger partial charge in [-0.3, -0.25) is 14.5 Å². The smallest absolute Gasteiger partial charge is 0.317 e. The monoisotopic (exact) mass is 332 g/mol. The number of carbonyl (C=O) groups is 2. The highest BCUT2D eigenvalue weighted by Gasteiger charge is 2.37. The Morgan fingerprint density at radius 3 is 2.54 bits per heavy atom. The fourth-order valence-electron chi connectivity index (χ4n) is 3.09. The molecular formula is C18H24N2O4. The standard InChI is InChI=1S/C18H24N2O4/c21-17(12-24-16-4-2-1-3-5-16)19-14-8-15(9-14)20(11-18(22)23)10-13-6-7-13/h1-5,13-15H,6-12H2,(H,19,21)(H,22,23). The van der Waals surface area contributed by atoms with E-state index >= 15 is 0 Å². The Morgan fingerprint density at radius 2 is 1.92 bits per heavy atom. The van der Waals surface area contributed by atoms with Gasteiger partial charge < -0.3 is 15.2 Å². The number of aliphatic carboxylic acids is 1. The van der Waals surface area contributed by atoms with Crippen molar-refractivity contribution >= 4 is 11.9 Å². The molecule has 0 radical (unpaired) electrons.